The van der Waals surface area contributed by atoms with E-state index in [1.165, 1.54) is 11.1 Å². The van der Waals surface area contributed by atoms with E-state index >= 15 is 0 Å². The predicted molar refractivity (Wildman–Crippen MR) is 111 cm³/mol. The monoisotopic (exact) mass is 441 g/mol. The first kappa shape index (κ1) is 20.5. The average molecular weight is 441 g/mol. The van der Waals surface area contributed by atoms with E-state index in [1.54, 1.807) is 13.2 Å². The Labute approximate surface area is 162 Å². The van der Waals surface area contributed by atoms with Crippen molar-refractivity contribution in [3.8, 4) is 0 Å². The minimum atomic E-state index is 0. The molecule has 0 aliphatic carbocycles. The highest BCUT2D eigenvalue weighted by atomic mass is 127. The van der Waals surface area contributed by atoms with Gasteiger partial charge in [0, 0.05) is 32.0 Å². The molecule has 0 radical (unpaired) electrons. The number of nitrogens with zero attached hydrogens (tertiary/aromatic N) is 3. The second kappa shape index (κ2) is 10.3. The van der Waals surface area contributed by atoms with Gasteiger partial charge in [0.05, 0.1) is 6.54 Å². The van der Waals surface area contributed by atoms with Crippen molar-refractivity contribution in [2.75, 3.05) is 7.05 Å². The lowest BCUT2D eigenvalue weighted by atomic mass is 10.1. The van der Waals surface area contributed by atoms with E-state index in [0.29, 0.717) is 12.0 Å². The molecule has 0 amide bonds. The molecule has 0 fully saturated rings. The Balaban J connectivity index is 0.00000288. The number of rotatable bonds is 6. The maximum Gasteiger partial charge on any atom is 0.191 e. The molecular formula is C18H28IN5. The Bertz CT molecular complexity index is 622. The number of halogens is 1. The Kier molecular flexibility index (Phi) is 8.81. The molecule has 0 saturated carbocycles. The van der Waals surface area contributed by atoms with Gasteiger partial charge in [0.15, 0.2) is 5.96 Å². The zero-order chi connectivity index (χ0) is 16.7. The number of guanidine groups is 1. The third-order valence-electron chi connectivity index (χ3n) is 4.04. The lowest BCUT2D eigenvalue weighted by Gasteiger charge is -2.21. The highest BCUT2D eigenvalue weighted by Crippen LogP contribution is 2.10. The lowest BCUT2D eigenvalue weighted by Crippen LogP contribution is -2.44. The van der Waals surface area contributed by atoms with Gasteiger partial charge in [0.1, 0.15) is 0 Å². The van der Waals surface area contributed by atoms with Crippen molar-refractivity contribution in [1.82, 2.24) is 20.4 Å². The fourth-order valence-corrected chi connectivity index (χ4v) is 2.21. The van der Waals surface area contributed by atoms with Gasteiger partial charge in [0.2, 0.25) is 0 Å². The average Bonchev–Trinajstić information content (AvgIpc) is 3.05. The molecule has 24 heavy (non-hydrogen) atoms. The Morgan fingerprint density at radius 2 is 1.88 bits per heavy atom. The maximum absolute atomic E-state index is 4.31. The molecule has 2 aromatic rings. The minimum Gasteiger partial charge on any atom is -0.354 e. The molecule has 2 rings (SSSR count). The van der Waals surface area contributed by atoms with E-state index in [4.69, 9.17) is 0 Å². The molecule has 132 valence electrons. The molecule has 1 atom stereocenters. The van der Waals surface area contributed by atoms with Crippen LogP contribution in [0.2, 0.25) is 0 Å². The first-order valence-electron chi connectivity index (χ1n) is 8.11. The van der Waals surface area contributed by atoms with Crippen molar-refractivity contribution < 1.29 is 0 Å². The molecule has 5 nitrogen and oxygen atoms in total. The van der Waals surface area contributed by atoms with Gasteiger partial charge in [-0.15, -0.1) is 24.0 Å². The molecule has 1 heterocycles. The number of aromatic nitrogens is 2. The first-order chi connectivity index (χ1) is 11.1. The van der Waals surface area contributed by atoms with Gasteiger partial charge in [0.25, 0.3) is 0 Å². The molecule has 6 heteroatoms. The fourth-order valence-electron chi connectivity index (χ4n) is 2.21. The van der Waals surface area contributed by atoms with Crippen LogP contribution in [-0.2, 0) is 13.1 Å². The zero-order valence-corrected chi connectivity index (χ0v) is 17.2. The van der Waals surface area contributed by atoms with Crippen molar-refractivity contribution in [1.29, 1.82) is 0 Å². The van der Waals surface area contributed by atoms with Crippen LogP contribution in [-0.4, -0.2) is 28.8 Å². The van der Waals surface area contributed by atoms with Crippen molar-refractivity contribution >= 4 is 29.9 Å². The van der Waals surface area contributed by atoms with Crippen LogP contribution in [0.5, 0.6) is 0 Å². The first-order valence-corrected chi connectivity index (χ1v) is 8.11. The standard InChI is InChI=1S/C18H27N5.HI/c1-14(2)15(3)22-18(19-4)20-12-16-8-5-6-9-17(16)13-23-11-7-10-21-23;/h5-11,14-15H,12-13H2,1-4H3,(H2,19,20,22);1H. The molecule has 0 bridgehead atoms. The molecule has 1 aromatic carbocycles. The number of hydrogen-bond acceptors (Lipinski definition) is 2. The van der Waals surface area contributed by atoms with Crippen LogP contribution in [0.3, 0.4) is 0 Å². The van der Waals surface area contributed by atoms with Crippen LogP contribution in [0.25, 0.3) is 0 Å². The summed E-state index contributed by atoms with van der Waals surface area (Å²) >= 11 is 0. The minimum absolute atomic E-state index is 0. The highest BCUT2D eigenvalue weighted by molar-refractivity contribution is 14.0. The highest BCUT2D eigenvalue weighted by Gasteiger charge is 2.09. The summed E-state index contributed by atoms with van der Waals surface area (Å²) < 4.78 is 1.94. The van der Waals surface area contributed by atoms with Crippen LogP contribution >= 0.6 is 24.0 Å². The van der Waals surface area contributed by atoms with Crippen molar-refractivity contribution in [3.63, 3.8) is 0 Å². The molecule has 0 saturated heterocycles. The fraction of sp³-hybridized carbons (Fsp3) is 0.444. The topological polar surface area (TPSA) is 54.2 Å². The van der Waals surface area contributed by atoms with Crippen molar-refractivity contribution in [2.45, 2.75) is 39.9 Å². The van der Waals surface area contributed by atoms with E-state index in [1.807, 2.05) is 16.9 Å². The van der Waals surface area contributed by atoms with Gasteiger partial charge in [-0.1, -0.05) is 38.1 Å². The predicted octanol–water partition coefficient (Wildman–Crippen LogP) is 3.26. The summed E-state index contributed by atoms with van der Waals surface area (Å²) in [5, 5.41) is 11.1. The smallest absolute Gasteiger partial charge is 0.191 e. The Hall–Kier alpha value is -1.57. The summed E-state index contributed by atoms with van der Waals surface area (Å²) in [6.45, 7) is 8.08. The zero-order valence-electron chi connectivity index (χ0n) is 14.9. The molecule has 0 aliphatic heterocycles. The molecule has 0 spiro atoms. The van der Waals surface area contributed by atoms with Crippen molar-refractivity contribution in [3.05, 3.63) is 53.9 Å². The quantitative estimate of drug-likeness (QED) is 0.411. The second-order valence-electron chi connectivity index (χ2n) is 6.08. The molecule has 1 unspecified atom stereocenters. The SMILES string of the molecule is CN=C(NCc1ccccc1Cn1cccn1)NC(C)C(C)C.I. The molecular weight excluding hydrogens is 413 g/mol. The van der Waals surface area contributed by atoms with Crippen LogP contribution in [0.4, 0.5) is 0 Å². The summed E-state index contributed by atoms with van der Waals surface area (Å²) in [7, 11) is 1.80. The van der Waals surface area contributed by atoms with E-state index in [2.05, 4.69) is 65.8 Å². The van der Waals surface area contributed by atoms with Crippen LogP contribution < -0.4 is 10.6 Å². The van der Waals surface area contributed by atoms with E-state index in [-0.39, 0.29) is 24.0 Å². The largest absolute Gasteiger partial charge is 0.354 e. The van der Waals surface area contributed by atoms with E-state index in [9.17, 15) is 0 Å². The van der Waals surface area contributed by atoms with Gasteiger partial charge < -0.3 is 10.6 Å². The summed E-state index contributed by atoms with van der Waals surface area (Å²) in [5.74, 6) is 1.39. The summed E-state index contributed by atoms with van der Waals surface area (Å²) in [6.07, 6.45) is 3.79. The third-order valence-corrected chi connectivity index (χ3v) is 4.04. The lowest BCUT2D eigenvalue weighted by molar-refractivity contribution is 0.481. The molecule has 0 aliphatic rings. The van der Waals surface area contributed by atoms with Crippen molar-refractivity contribution in [2.24, 2.45) is 10.9 Å². The van der Waals surface area contributed by atoms with Crippen LogP contribution in [0, 0.1) is 5.92 Å². The Morgan fingerprint density at radius 1 is 1.17 bits per heavy atom. The third kappa shape index (κ3) is 6.14. The van der Waals surface area contributed by atoms with Gasteiger partial charge >= 0.3 is 0 Å². The van der Waals surface area contributed by atoms with Crippen LogP contribution in [0.15, 0.2) is 47.7 Å². The normalized spacial score (nSPS) is 12.6. The second-order valence-corrected chi connectivity index (χ2v) is 6.08. The van der Waals surface area contributed by atoms with E-state index < -0.39 is 0 Å². The summed E-state index contributed by atoms with van der Waals surface area (Å²) in [5.41, 5.74) is 2.51. The summed E-state index contributed by atoms with van der Waals surface area (Å²) in [4.78, 5) is 4.31. The van der Waals surface area contributed by atoms with Gasteiger partial charge in [-0.2, -0.15) is 5.10 Å². The van der Waals surface area contributed by atoms with Crippen LogP contribution in [0.1, 0.15) is 31.9 Å². The molecule has 2 N–H and O–H groups in total. The Morgan fingerprint density at radius 3 is 2.46 bits per heavy atom. The maximum atomic E-state index is 4.31. The summed E-state index contributed by atoms with van der Waals surface area (Å²) in [6, 6.07) is 10.7. The number of hydrogen-bond donors (Lipinski definition) is 2. The van der Waals surface area contributed by atoms with E-state index in [0.717, 1.165) is 19.0 Å². The number of benzene rings is 1. The van der Waals surface area contributed by atoms with Gasteiger partial charge in [-0.3, -0.25) is 9.67 Å². The molecule has 1 aromatic heterocycles. The number of aliphatic imine (C=N–C) groups is 1. The van der Waals surface area contributed by atoms with Gasteiger partial charge in [-0.05, 0) is 30.0 Å². The number of nitrogens with one attached hydrogen (secondary N) is 2. The van der Waals surface area contributed by atoms with Gasteiger partial charge in [-0.25, -0.2) is 0 Å².